The molecule has 2 N–H and O–H groups in total. The summed E-state index contributed by atoms with van der Waals surface area (Å²) in [5, 5.41) is 0. The molecule has 1 rings (SSSR count). The van der Waals surface area contributed by atoms with Crippen molar-refractivity contribution in [3.63, 3.8) is 0 Å². The molecule has 0 heterocycles. The van der Waals surface area contributed by atoms with E-state index in [-0.39, 0.29) is 17.8 Å². The second kappa shape index (κ2) is 4.51. The molecule has 78 valence electrons. The maximum atomic E-state index is 13.2. The maximum absolute atomic E-state index is 13.2. The normalized spacial score (nSPS) is 15.2. The molecule has 1 aromatic carbocycles. The maximum Gasteiger partial charge on any atom is 0.126 e. The van der Waals surface area contributed by atoms with Gasteiger partial charge in [-0.05, 0) is 43.0 Å². The predicted octanol–water partition coefficient (Wildman–Crippen LogP) is 2.49. The van der Waals surface area contributed by atoms with Crippen molar-refractivity contribution in [2.75, 3.05) is 0 Å². The summed E-state index contributed by atoms with van der Waals surface area (Å²) in [6.45, 7) is 3.79. The molecular formula is C11H15F2N. The van der Waals surface area contributed by atoms with E-state index >= 15 is 0 Å². The number of rotatable bonds is 3. The van der Waals surface area contributed by atoms with Crippen LogP contribution in [0, 0.1) is 17.6 Å². The molecule has 14 heavy (non-hydrogen) atoms. The molecule has 0 spiro atoms. The quantitative estimate of drug-likeness (QED) is 0.795. The second-order valence-electron chi connectivity index (χ2n) is 3.78. The van der Waals surface area contributed by atoms with Crippen LogP contribution in [0.1, 0.15) is 19.4 Å². The van der Waals surface area contributed by atoms with Crippen molar-refractivity contribution < 1.29 is 8.78 Å². The summed E-state index contributed by atoms with van der Waals surface area (Å²) < 4.78 is 26.0. The Hall–Kier alpha value is -0.960. The van der Waals surface area contributed by atoms with Gasteiger partial charge in [0.25, 0.3) is 0 Å². The van der Waals surface area contributed by atoms with Gasteiger partial charge in [0.05, 0.1) is 0 Å². The van der Waals surface area contributed by atoms with Crippen LogP contribution >= 0.6 is 0 Å². The third-order valence-electron chi connectivity index (χ3n) is 2.45. The summed E-state index contributed by atoms with van der Waals surface area (Å²) in [5.74, 6) is -0.622. The Bertz CT molecular complexity index is 310. The van der Waals surface area contributed by atoms with Crippen LogP contribution in [0.5, 0.6) is 0 Å². The third-order valence-corrected chi connectivity index (χ3v) is 2.45. The standard InChI is InChI=1S/C11H15F2N/c1-7(8(2)14)5-9-6-10(12)3-4-11(9)13/h3-4,6-8H,5,14H2,1-2H3. The molecule has 0 radical (unpaired) electrons. The zero-order chi connectivity index (χ0) is 10.7. The Balaban J connectivity index is 2.80. The van der Waals surface area contributed by atoms with Crippen molar-refractivity contribution in [1.29, 1.82) is 0 Å². The first kappa shape index (κ1) is 11.1. The van der Waals surface area contributed by atoms with Gasteiger partial charge in [-0.1, -0.05) is 6.92 Å². The van der Waals surface area contributed by atoms with E-state index in [0.717, 1.165) is 12.1 Å². The first-order valence-electron chi connectivity index (χ1n) is 4.70. The summed E-state index contributed by atoms with van der Waals surface area (Å²) in [7, 11) is 0. The van der Waals surface area contributed by atoms with Crippen LogP contribution in [-0.2, 0) is 6.42 Å². The van der Waals surface area contributed by atoms with E-state index in [0.29, 0.717) is 12.0 Å². The van der Waals surface area contributed by atoms with Gasteiger partial charge in [0, 0.05) is 6.04 Å². The van der Waals surface area contributed by atoms with Crippen molar-refractivity contribution in [3.8, 4) is 0 Å². The van der Waals surface area contributed by atoms with E-state index in [9.17, 15) is 8.78 Å². The summed E-state index contributed by atoms with van der Waals surface area (Å²) >= 11 is 0. The van der Waals surface area contributed by atoms with Gasteiger partial charge in [-0.25, -0.2) is 8.78 Å². The average molecular weight is 199 g/mol. The van der Waals surface area contributed by atoms with Gasteiger partial charge in [0.1, 0.15) is 11.6 Å². The third kappa shape index (κ3) is 2.77. The smallest absolute Gasteiger partial charge is 0.126 e. The molecule has 2 atom stereocenters. The Kier molecular flexibility index (Phi) is 3.58. The van der Waals surface area contributed by atoms with E-state index in [1.165, 1.54) is 6.07 Å². The number of hydrogen-bond donors (Lipinski definition) is 1. The van der Waals surface area contributed by atoms with E-state index < -0.39 is 5.82 Å². The Morgan fingerprint density at radius 1 is 1.29 bits per heavy atom. The largest absolute Gasteiger partial charge is 0.328 e. The highest BCUT2D eigenvalue weighted by Gasteiger charge is 2.12. The summed E-state index contributed by atoms with van der Waals surface area (Å²) in [5.41, 5.74) is 6.05. The van der Waals surface area contributed by atoms with Crippen molar-refractivity contribution in [3.05, 3.63) is 35.4 Å². The first-order valence-corrected chi connectivity index (χ1v) is 4.70. The van der Waals surface area contributed by atoms with Crippen molar-refractivity contribution in [2.24, 2.45) is 11.7 Å². The minimum Gasteiger partial charge on any atom is -0.328 e. The lowest BCUT2D eigenvalue weighted by atomic mass is 9.95. The minimum atomic E-state index is -0.404. The fourth-order valence-corrected chi connectivity index (χ4v) is 1.23. The highest BCUT2D eigenvalue weighted by molar-refractivity contribution is 5.19. The van der Waals surface area contributed by atoms with Gasteiger partial charge in [0.2, 0.25) is 0 Å². The Labute approximate surface area is 82.9 Å². The lowest BCUT2D eigenvalue weighted by molar-refractivity contribution is 0.467. The monoisotopic (exact) mass is 199 g/mol. The van der Waals surface area contributed by atoms with Crippen LogP contribution in [0.4, 0.5) is 8.78 Å². The van der Waals surface area contributed by atoms with Gasteiger partial charge >= 0.3 is 0 Å². The molecule has 0 aliphatic heterocycles. The summed E-state index contributed by atoms with van der Waals surface area (Å²) in [4.78, 5) is 0. The average Bonchev–Trinajstić information content (AvgIpc) is 2.11. The van der Waals surface area contributed by atoms with Gasteiger partial charge in [-0.3, -0.25) is 0 Å². The summed E-state index contributed by atoms with van der Waals surface area (Å²) in [6.07, 6.45) is 0.473. The van der Waals surface area contributed by atoms with Gasteiger partial charge < -0.3 is 5.73 Å². The zero-order valence-corrected chi connectivity index (χ0v) is 8.43. The van der Waals surface area contributed by atoms with Crippen LogP contribution in [-0.4, -0.2) is 6.04 Å². The van der Waals surface area contributed by atoms with Crippen LogP contribution in [0.25, 0.3) is 0 Å². The highest BCUT2D eigenvalue weighted by Crippen LogP contribution is 2.15. The van der Waals surface area contributed by atoms with Crippen LogP contribution in [0.2, 0.25) is 0 Å². The molecular weight excluding hydrogens is 184 g/mol. The molecule has 0 aliphatic rings. The molecule has 0 aromatic heterocycles. The molecule has 2 unspecified atom stereocenters. The first-order chi connectivity index (χ1) is 6.50. The lowest BCUT2D eigenvalue weighted by Gasteiger charge is -2.15. The van der Waals surface area contributed by atoms with Gasteiger partial charge in [-0.15, -0.1) is 0 Å². The molecule has 3 heteroatoms. The van der Waals surface area contributed by atoms with Crippen molar-refractivity contribution >= 4 is 0 Å². The summed E-state index contributed by atoms with van der Waals surface area (Å²) in [6, 6.07) is 3.49. The fourth-order valence-electron chi connectivity index (χ4n) is 1.23. The molecule has 0 bridgehead atoms. The molecule has 0 aliphatic carbocycles. The van der Waals surface area contributed by atoms with Crippen LogP contribution in [0.3, 0.4) is 0 Å². The fraction of sp³-hybridized carbons (Fsp3) is 0.455. The molecule has 0 saturated carbocycles. The Morgan fingerprint density at radius 3 is 2.50 bits per heavy atom. The number of benzene rings is 1. The van der Waals surface area contributed by atoms with E-state index in [1.807, 2.05) is 13.8 Å². The molecule has 1 aromatic rings. The van der Waals surface area contributed by atoms with E-state index in [1.54, 1.807) is 0 Å². The number of hydrogen-bond acceptors (Lipinski definition) is 1. The molecule has 0 amide bonds. The van der Waals surface area contributed by atoms with Crippen molar-refractivity contribution in [1.82, 2.24) is 0 Å². The number of nitrogens with two attached hydrogens (primary N) is 1. The van der Waals surface area contributed by atoms with Gasteiger partial charge in [-0.2, -0.15) is 0 Å². The topological polar surface area (TPSA) is 26.0 Å². The lowest BCUT2D eigenvalue weighted by Crippen LogP contribution is -2.26. The van der Waals surface area contributed by atoms with Crippen LogP contribution in [0.15, 0.2) is 18.2 Å². The van der Waals surface area contributed by atoms with E-state index in [2.05, 4.69) is 0 Å². The minimum absolute atomic E-state index is 0.0160. The SMILES string of the molecule is CC(N)C(C)Cc1cc(F)ccc1F. The second-order valence-corrected chi connectivity index (χ2v) is 3.78. The number of halogens is 2. The van der Waals surface area contributed by atoms with Crippen molar-refractivity contribution in [2.45, 2.75) is 26.3 Å². The highest BCUT2D eigenvalue weighted by atomic mass is 19.1. The Morgan fingerprint density at radius 2 is 1.93 bits per heavy atom. The van der Waals surface area contributed by atoms with E-state index in [4.69, 9.17) is 5.73 Å². The molecule has 1 nitrogen and oxygen atoms in total. The predicted molar refractivity (Wildman–Crippen MR) is 52.9 cm³/mol. The molecule has 0 fully saturated rings. The zero-order valence-electron chi connectivity index (χ0n) is 8.43. The van der Waals surface area contributed by atoms with Crippen LogP contribution < -0.4 is 5.73 Å². The van der Waals surface area contributed by atoms with Gasteiger partial charge in [0.15, 0.2) is 0 Å². The molecule has 0 saturated heterocycles.